The van der Waals surface area contributed by atoms with Gasteiger partial charge < -0.3 is 10.1 Å². The highest BCUT2D eigenvalue weighted by Crippen LogP contribution is 2.27. The average molecular weight is 483 g/mol. The summed E-state index contributed by atoms with van der Waals surface area (Å²) in [4.78, 5) is 13.4. The van der Waals surface area contributed by atoms with Crippen LogP contribution in [0.3, 0.4) is 0 Å². The Balaban J connectivity index is 1.57. The number of hydrogen-bond acceptors (Lipinski definition) is 5. The van der Waals surface area contributed by atoms with Crippen LogP contribution >= 0.6 is 0 Å². The van der Waals surface area contributed by atoms with Crippen LogP contribution in [0, 0.1) is 0 Å². The molecular formula is C25H30N4O4S. The van der Waals surface area contributed by atoms with Gasteiger partial charge in [0.15, 0.2) is 0 Å². The van der Waals surface area contributed by atoms with E-state index in [4.69, 9.17) is 9.84 Å². The Morgan fingerprint density at radius 2 is 1.85 bits per heavy atom. The Kier molecular flexibility index (Phi) is 7.33. The number of carbonyl (C=O) groups is 1. The van der Waals surface area contributed by atoms with Crippen molar-refractivity contribution in [2.45, 2.75) is 32.2 Å². The lowest BCUT2D eigenvalue weighted by atomic mass is 10.0. The van der Waals surface area contributed by atoms with E-state index in [9.17, 15) is 13.2 Å². The maximum Gasteiger partial charge on any atom is 0.255 e. The molecule has 2 aromatic carbocycles. The molecule has 0 radical (unpaired) electrons. The smallest absolute Gasteiger partial charge is 0.255 e. The number of nitrogens with one attached hydrogen (secondary N) is 1. The van der Waals surface area contributed by atoms with Crippen molar-refractivity contribution >= 4 is 15.9 Å². The van der Waals surface area contributed by atoms with E-state index in [0.717, 1.165) is 11.3 Å². The minimum Gasteiger partial charge on any atom is -0.497 e. The van der Waals surface area contributed by atoms with Crippen LogP contribution in [0.15, 0.2) is 60.8 Å². The van der Waals surface area contributed by atoms with Crippen molar-refractivity contribution in [3.63, 3.8) is 0 Å². The molecule has 1 aromatic heterocycles. The molecule has 9 heteroatoms. The quantitative estimate of drug-likeness (QED) is 0.531. The summed E-state index contributed by atoms with van der Waals surface area (Å²) in [6.45, 7) is 2.69. The van der Waals surface area contributed by atoms with E-state index in [0.29, 0.717) is 49.4 Å². The van der Waals surface area contributed by atoms with Crippen LogP contribution in [-0.2, 0) is 10.0 Å². The van der Waals surface area contributed by atoms with Gasteiger partial charge in [-0.15, -0.1) is 0 Å². The first-order chi connectivity index (χ1) is 16.4. The fourth-order valence-electron chi connectivity index (χ4n) is 4.17. The number of para-hydroxylation sites is 1. The van der Waals surface area contributed by atoms with Gasteiger partial charge in [-0.25, -0.2) is 17.4 Å². The number of benzene rings is 2. The molecule has 8 nitrogen and oxygen atoms in total. The largest absolute Gasteiger partial charge is 0.497 e. The van der Waals surface area contributed by atoms with Crippen molar-refractivity contribution in [1.29, 1.82) is 0 Å². The van der Waals surface area contributed by atoms with Crippen LogP contribution in [-0.4, -0.2) is 60.4 Å². The number of piperidine rings is 1. The normalized spacial score (nSPS) is 15.2. The van der Waals surface area contributed by atoms with Crippen LogP contribution in [0.1, 0.15) is 36.5 Å². The topological polar surface area (TPSA) is 93.5 Å². The molecule has 1 fully saturated rings. The summed E-state index contributed by atoms with van der Waals surface area (Å²) >= 11 is 0. The van der Waals surface area contributed by atoms with Crippen molar-refractivity contribution in [2.24, 2.45) is 0 Å². The molecule has 0 saturated carbocycles. The Morgan fingerprint density at radius 1 is 1.12 bits per heavy atom. The minimum atomic E-state index is -3.22. The van der Waals surface area contributed by atoms with Crippen molar-refractivity contribution in [1.82, 2.24) is 19.4 Å². The van der Waals surface area contributed by atoms with Gasteiger partial charge in [0.2, 0.25) is 10.0 Å². The molecule has 3 aromatic rings. The molecule has 1 amide bonds. The van der Waals surface area contributed by atoms with Gasteiger partial charge >= 0.3 is 0 Å². The number of sulfonamides is 1. The van der Waals surface area contributed by atoms with E-state index in [1.54, 1.807) is 18.0 Å². The fourth-order valence-corrected chi connectivity index (χ4v) is 5.71. The zero-order chi connectivity index (χ0) is 24.1. The SMILES string of the molecule is CCCS(=O)(=O)N1CCC(NC(=O)c2cn(-c3ccccc3)nc2-c2cccc(OC)c2)CC1. The van der Waals surface area contributed by atoms with E-state index in [2.05, 4.69) is 5.32 Å². The Bertz CT molecular complexity index is 1230. The van der Waals surface area contributed by atoms with Crippen LogP contribution in [0.25, 0.3) is 16.9 Å². The predicted molar refractivity (Wildman–Crippen MR) is 132 cm³/mol. The van der Waals surface area contributed by atoms with Crippen molar-refractivity contribution in [3.8, 4) is 22.7 Å². The number of amides is 1. The third-order valence-corrected chi connectivity index (χ3v) is 8.04. The molecule has 0 unspecified atom stereocenters. The van der Waals surface area contributed by atoms with Gasteiger partial charge in [0, 0.05) is 30.9 Å². The van der Waals surface area contributed by atoms with Crippen LogP contribution in [0.2, 0.25) is 0 Å². The van der Waals surface area contributed by atoms with E-state index in [1.165, 1.54) is 4.31 Å². The molecule has 1 aliphatic heterocycles. The second kappa shape index (κ2) is 10.4. The molecule has 0 atom stereocenters. The van der Waals surface area contributed by atoms with Gasteiger partial charge in [0.25, 0.3) is 5.91 Å². The lowest BCUT2D eigenvalue weighted by molar-refractivity contribution is 0.0924. The fraction of sp³-hybridized carbons (Fsp3) is 0.360. The number of nitrogens with zero attached hydrogens (tertiary/aromatic N) is 3. The first-order valence-corrected chi connectivity index (χ1v) is 13.1. The first-order valence-electron chi connectivity index (χ1n) is 11.5. The average Bonchev–Trinajstić information content (AvgIpc) is 3.31. The third kappa shape index (κ3) is 5.31. The van der Waals surface area contributed by atoms with Crippen molar-refractivity contribution in [3.05, 3.63) is 66.4 Å². The third-order valence-electron chi connectivity index (χ3n) is 5.97. The Hall–Kier alpha value is -3.17. The van der Waals surface area contributed by atoms with Gasteiger partial charge in [0.05, 0.1) is 24.1 Å². The lowest BCUT2D eigenvalue weighted by Gasteiger charge is -2.31. The van der Waals surface area contributed by atoms with Gasteiger partial charge in [-0.2, -0.15) is 5.10 Å². The van der Waals surface area contributed by atoms with Gasteiger partial charge in [-0.1, -0.05) is 37.3 Å². The number of hydrogen-bond donors (Lipinski definition) is 1. The molecule has 1 saturated heterocycles. The molecule has 1 N–H and O–H groups in total. The van der Waals surface area contributed by atoms with Crippen LogP contribution < -0.4 is 10.1 Å². The van der Waals surface area contributed by atoms with Crippen molar-refractivity contribution < 1.29 is 17.9 Å². The number of aromatic nitrogens is 2. The molecule has 2 heterocycles. The first kappa shape index (κ1) is 24.0. The highest BCUT2D eigenvalue weighted by Gasteiger charge is 2.29. The number of methoxy groups -OCH3 is 1. The molecule has 0 aliphatic carbocycles. The van der Waals surface area contributed by atoms with E-state index in [-0.39, 0.29) is 17.7 Å². The summed E-state index contributed by atoms with van der Waals surface area (Å²) in [5, 5.41) is 7.82. The molecule has 180 valence electrons. The lowest BCUT2D eigenvalue weighted by Crippen LogP contribution is -2.47. The highest BCUT2D eigenvalue weighted by atomic mass is 32.2. The monoisotopic (exact) mass is 482 g/mol. The molecular weight excluding hydrogens is 452 g/mol. The summed E-state index contributed by atoms with van der Waals surface area (Å²) in [7, 11) is -1.62. The summed E-state index contributed by atoms with van der Waals surface area (Å²) in [5.41, 5.74) is 2.64. The molecule has 34 heavy (non-hydrogen) atoms. The van der Waals surface area contributed by atoms with Gasteiger partial charge in [0.1, 0.15) is 11.4 Å². The molecule has 0 spiro atoms. The zero-order valence-corrected chi connectivity index (χ0v) is 20.3. The van der Waals surface area contributed by atoms with Crippen LogP contribution in [0.4, 0.5) is 0 Å². The van der Waals surface area contributed by atoms with E-state index < -0.39 is 10.0 Å². The molecule has 1 aliphatic rings. The zero-order valence-electron chi connectivity index (χ0n) is 19.5. The van der Waals surface area contributed by atoms with Gasteiger partial charge in [-0.05, 0) is 43.5 Å². The van der Waals surface area contributed by atoms with Crippen LogP contribution in [0.5, 0.6) is 5.75 Å². The summed E-state index contributed by atoms with van der Waals surface area (Å²) in [6, 6.07) is 17.0. The summed E-state index contributed by atoms with van der Waals surface area (Å²) < 4.78 is 33.3. The van der Waals surface area contributed by atoms with E-state index >= 15 is 0 Å². The second-order valence-electron chi connectivity index (χ2n) is 8.37. The number of rotatable bonds is 8. The summed E-state index contributed by atoms with van der Waals surface area (Å²) in [5.74, 6) is 0.612. The van der Waals surface area contributed by atoms with Crippen molar-refractivity contribution in [2.75, 3.05) is 26.0 Å². The maximum atomic E-state index is 13.4. The second-order valence-corrected chi connectivity index (χ2v) is 10.5. The standard InChI is InChI=1S/C25H30N4O4S/c1-3-16-34(31,32)28-14-12-20(13-15-28)26-25(30)23-18-29(21-9-5-4-6-10-21)27-24(23)19-8-7-11-22(17-19)33-2/h4-11,17-18,20H,3,12-16H2,1-2H3,(H,26,30). The molecule has 4 rings (SSSR count). The maximum absolute atomic E-state index is 13.4. The van der Waals surface area contributed by atoms with Gasteiger partial charge in [-0.3, -0.25) is 4.79 Å². The summed E-state index contributed by atoms with van der Waals surface area (Å²) in [6.07, 6.45) is 3.49. The Labute approximate surface area is 200 Å². The Morgan fingerprint density at radius 3 is 2.53 bits per heavy atom. The predicted octanol–water partition coefficient (Wildman–Crippen LogP) is 3.48. The minimum absolute atomic E-state index is 0.0983. The van der Waals surface area contributed by atoms with E-state index in [1.807, 2.05) is 61.5 Å². The molecule has 0 bridgehead atoms. The highest BCUT2D eigenvalue weighted by molar-refractivity contribution is 7.89. The number of carbonyl (C=O) groups excluding carboxylic acids is 1. The number of ether oxygens (including phenoxy) is 1.